The third-order valence-electron chi connectivity index (χ3n) is 3.69. The second-order valence-electron chi connectivity index (χ2n) is 5.39. The Balaban J connectivity index is 1.61. The minimum Gasteiger partial charge on any atom is -0.378 e. The van der Waals surface area contributed by atoms with Crippen molar-refractivity contribution < 1.29 is 9.53 Å². The third kappa shape index (κ3) is 4.30. The fourth-order valence-electron chi connectivity index (χ4n) is 2.34. The third-order valence-corrected chi connectivity index (χ3v) is 4.61. The van der Waals surface area contributed by atoms with E-state index in [1.165, 1.54) is 11.8 Å². The Morgan fingerprint density at radius 2 is 1.96 bits per heavy atom. The van der Waals surface area contributed by atoms with E-state index >= 15 is 0 Å². The lowest BCUT2D eigenvalue weighted by atomic mass is 10.1. The van der Waals surface area contributed by atoms with Crippen molar-refractivity contribution in [3.05, 3.63) is 47.8 Å². The maximum Gasteiger partial charge on any atom is 0.173 e. The molecule has 1 fully saturated rings. The number of thioether (sulfide) groups is 1. The summed E-state index contributed by atoms with van der Waals surface area (Å²) in [6.45, 7) is 5.13. The van der Waals surface area contributed by atoms with E-state index in [4.69, 9.17) is 4.74 Å². The first kappa shape index (κ1) is 16.0. The molecule has 2 aromatic rings. The van der Waals surface area contributed by atoms with Crippen molar-refractivity contribution in [1.29, 1.82) is 0 Å². The number of aryl methyl sites for hydroxylation is 1. The zero-order valence-electron chi connectivity index (χ0n) is 13.1. The number of benzene rings is 1. The van der Waals surface area contributed by atoms with E-state index in [-0.39, 0.29) is 5.78 Å². The summed E-state index contributed by atoms with van der Waals surface area (Å²) in [6, 6.07) is 9.60. The van der Waals surface area contributed by atoms with Gasteiger partial charge in [0.1, 0.15) is 17.2 Å². The number of morpholine rings is 1. The second kappa shape index (κ2) is 7.57. The Hall–Kier alpha value is -1.92. The summed E-state index contributed by atoms with van der Waals surface area (Å²) < 4.78 is 5.35. The van der Waals surface area contributed by atoms with E-state index in [0.29, 0.717) is 5.75 Å². The zero-order chi connectivity index (χ0) is 16.1. The highest BCUT2D eigenvalue weighted by Gasteiger charge is 2.14. The van der Waals surface area contributed by atoms with Gasteiger partial charge in [-0.1, -0.05) is 41.6 Å². The highest BCUT2D eigenvalue weighted by atomic mass is 32.2. The van der Waals surface area contributed by atoms with E-state index in [2.05, 4.69) is 14.9 Å². The van der Waals surface area contributed by atoms with Gasteiger partial charge in [-0.25, -0.2) is 9.97 Å². The van der Waals surface area contributed by atoms with E-state index in [0.717, 1.165) is 48.3 Å². The predicted octanol–water partition coefficient (Wildman–Crippen LogP) is 2.60. The van der Waals surface area contributed by atoms with Crippen LogP contribution in [-0.4, -0.2) is 47.8 Å². The van der Waals surface area contributed by atoms with Gasteiger partial charge in [0.25, 0.3) is 0 Å². The fraction of sp³-hybridized carbons (Fsp3) is 0.353. The van der Waals surface area contributed by atoms with Crippen LogP contribution in [0.5, 0.6) is 0 Å². The van der Waals surface area contributed by atoms with Gasteiger partial charge in [0, 0.05) is 24.7 Å². The van der Waals surface area contributed by atoms with Crippen LogP contribution in [0.2, 0.25) is 0 Å². The number of hydrogen-bond donors (Lipinski definition) is 0. The van der Waals surface area contributed by atoms with Crippen LogP contribution in [0.4, 0.5) is 5.82 Å². The zero-order valence-corrected chi connectivity index (χ0v) is 13.9. The van der Waals surface area contributed by atoms with Crippen LogP contribution in [-0.2, 0) is 4.74 Å². The summed E-state index contributed by atoms with van der Waals surface area (Å²) in [5.41, 5.74) is 1.89. The standard InChI is InChI=1S/C17H19N3O2S/c1-13-2-4-14(5-3-13)15(21)11-23-17-10-16(18-12-19-17)20-6-8-22-9-7-20/h2-5,10,12H,6-9,11H2,1H3. The summed E-state index contributed by atoms with van der Waals surface area (Å²) in [7, 11) is 0. The molecule has 0 N–H and O–H groups in total. The van der Waals surface area contributed by atoms with Crippen LogP contribution < -0.4 is 4.90 Å². The Labute approximate surface area is 140 Å². The van der Waals surface area contributed by atoms with Crippen molar-refractivity contribution >= 4 is 23.4 Å². The lowest BCUT2D eigenvalue weighted by Gasteiger charge is -2.27. The SMILES string of the molecule is Cc1ccc(C(=O)CSc2cc(N3CCOCC3)ncn2)cc1. The molecule has 0 atom stereocenters. The van der Waals surface area contributed by atoms with Gasteiger partial charge in [0.15, 0.2) is 5.78 Å². The van der Waals surface area contributed by atoms with Gasteiger partial charge in [-0.05, 0) is 6.92 Å². The Bertz CT molecular complexity index is 670. The van der Waals surface area contributed by atoms with Gasteiger partial charge >= 0.3 is 0 Å². The number of rotatable bonds is 5. The van der Waals surface area contributed by atoms with Gasteiger partial charge in [-0.15, -0.1) is 0 Å². The molecule has 0 radical (unpaired) electrons. The highest BCUT2D eigenvalue weighted by Crippen LogP contribution is 2.21. The number of aromatic nitrogens is 2. The molecule has 3 rings (SSSR count). The first-order valence-electron chi connectivity index (χ1n) is 7.60. The van der Waals surface area contributed by atoms with Crippen molar-refractivity contribution in [2.75, 3.05) is 37.0 Å². The van der Waals surface area contributed by atoms with Gasteiger partial charge in [0.05, 0.1) is 19.0 Å². The minimum atomic E-state index is 0.113. The molecule has 1 saturated heterocycles. The van der Waals surface area contributed by atoms with Crippen LogP contribution in [0, 0.1) is 6.92 Å². The lowest BCUT2D eigenvalue weighted by Crippen LogP contribution is -2.36. The summed E-state index contributed by atoms with van der Waals surface area (Å²) in [5, 5.41) is 0.821. The summed E-state index contributed by atoms with van der Waals surface area (Å²) in [6.07, 6.45) is 1.56. The molecule has 1 aromatic heterocycles. The molecule has 0 bridgehead atoms. The largest absolute Gasteiger partial charge is 0.378 e. The van der Waals surface area contributed by atoms with E-state index in [1.54, 1.807) is 6.33 Å². The molecular weight excluding hydrogens is 310 g/mol. The summed E-state index contributed by atoms with van der Waals surface area (Å²) in [5.74, 6) is 1.39. The predicted molar refractivity (Wildman–Crippen MR) is 91.3 cm³/mol. The molecule has 6 heteroatoms. The van der Waals surface area contributed by atoms with Crippen molar-refractivity contribution in [3.8, 4) is 0 Å². The number of carbonyl (C=O) groups excluding carboxylic acids is 1. The topological polar surface area (TPSA) is 55.3 Å². The van der Waals surface area contributed by atoms with E-state index < -0.39 is 0 Å². The summed E-state index contributed by atoms with van der Waals surface area (Å²) >= 11 is 1.45. The van der Waals surface area contributed by atoms with Crippen LogP contribution in [0.25, 0.3) is 0 Å². The molecule has 2 heterocycles. The first-order valence-corrected chi connectivity index (χ1v) is 8.58. The van der Waals surface area contributed by atoms with Crippen molar-refractivity contribution in [3.63, 3.8) is 0 Å². The number of ketones is 1. The summed E-state index contributed by atoms with van der Waals surface area (Å²) in [4.78, 5) is 23.0. The lowest BCUT2D eigenvalue weighted by molar-refractivity contribution is 0.102. The maximum atomic E-state index is 12.2. The van der Waals surface area contributed by atoms with Gasteiger partial charge in [-0.2, -0.15) is 0 Å². The molecule has 0 saturated carbocycles. The van der Waals surface area contributed by atoms with Gasteiger partial charge in [0.2, 0.25) is 0 Å². The Morgan fingerprint density at radius 3 is 2.70 bits per heavy atom. The van der Waals surface area contributed by atoms with E-state index in [9.17, 15) is 4.79 Å². The number of Topliss-reactive ketones (excluding diaryl/α,β-unsaturated/α-hetero) is 1. The monoisotopic (exact) mass is 329 g/mol. The molecule has 120 valence electrons. The van der Waals surface area contributed by atoms with Crippen molar-refractivity contribution in [1.82, 2.24) is 9.97 Å². The van der Waals surface area contributed by atoms with Crippen LogP contribution in [0.1, 0.15) is 15.9 Å². The molecule has 23 heavy (non-hydrogen) atoms. The minimum absolute atomic E-state index is 0.113. The number of nitrogens with zero attached hydrogens (tertiary/aromatic N) is 3. The Kier molecular flexibility index (Phi) is 5.25. The van der Waals surface area contributed by atoms with Crippen molar-refractivity contribution in [2.45, 2.75) is 11.9 Å². The number of carbonyl (C=O) groups is 1. The molecule has 1 aliphatic rings. The quantitative estimate of drug-likeness (QED) is 0.477. The normalized spacial score (nSPS) is 14.7. The smallest absolute Gasteiger partial charge is 0.173 e. The average molecular weight is 329 g/mol. The number of anilines is 1. The van der Waals surface area contributed by atoms with Gasteiger partial charge in [-0.3, -0.25) is 4.79 Å². The molecule has 0 unspecified atom stereocenters. The van der Waals surface area contributed by atoms with Crippen LogP contribution in [0.15, 0.2) is 41.7 Å². The Morgan fingerprint density at radius 1 is 1.22 bits per heavy atom. The molecule has 1 aliphatic heterocycles. The second-order valence-corrected chi connectivity index (χ2v) is 6.39. The van der Waals surface area contributed by atoms with Gasteiger partial charge < -0.3 is 9.64 Å². The van der Waals surface area contributed by atoms with E-state index in [1.807, 2.05) is 37.3 Å². The number of ether oxygens (including phenoxy) is 1. The fourth-order valence-corrected chi connectivity index (χ4v) is 3.09. The first-order chi connectivity index (χ1) is 11.2. The molecule has 0 aliphatic carbocycles. The molecular formula is C17H19N3O2S. The average Bonchev–Trinajstić information content (AvgIpc) is 2.61. The molecule has 5 nitrogen and oxygen atoms in total. The van der Waals surface area contributed by atoms with Crippen LogP contribution in [0.3, 0.4) is 0 Å². The molecule has 1 aromatic carbocycles. The maximum absolute atomic E-state index is 12.2. The van der Waals surface area contributed by atoms with Crippen LogP contribution >= 0.6 is 11.8 Å². The molecule has 0 amide bonds. The number of hydrogen-bond acceptors (Lipinski definition) is 6. The molecule has 0 spiro atoms. The van der Waals surface area contributed by atoms with Crippen molar-refractivity contribution in [2.24, 2.45) is 0 Å². The highest BCUT2D eigenvalue weighted by molar-refractivity contribution is 7.99.